The van der Waals surface area contributed by atoms with E-state index in [1.54, 1.807) is 39.8 Å². The fourth-order valence-electron chi connectivity index (χ4n) is 1.92. The normalized spacial score (nSPS) is 16.4. The van der Waals surface area contributed by atoms with Crippen LogP contribution in [0.4, 0.5) is 4.79 Å². The summed E-state index contributed by atoms with van der Waals surface area (Å²) >= 11 is 1.23. The van der Waals surface area contributed by atoms with Crippen molar-refractivity contribution < 1.29 is 18.5 Å². The topological polar surface area (TPSA) is 111 Å². The molecular formula is C16H27N3O4S2. The van der Waals surface area contributed by atoms with E-state index in [4.69, 9.17) is 9.88 Å². The second-order valence-electron chi connectivity index (χ2n) is 6.87. The summed E-state index contributed by atoms with van der Waals surface area (Å²) in [4.78, 5) is 25.5. The van der Waals surface area contributed by atoms with Crippen molar-refractivity contribution in [1.29, 1.82) is 0 Å². The van der Waals surface area contributed by atoms with E-state index in [0.29, 0.717) is 10.6 Å². The molecule has 1 aromatic heterocycles. The highest BCUT2D eigenvalue weighted by Gasteiger charge is 2.29. The lowest BCUT2D eigenvalue weighted by molar-refractivity contribution is -0.120. The Bertz CT molecular complexity index is 743. The van der Waals surface area contributed by atoms with Crippen molar-refractivity contribution in [2.24, 2.45) is 15.4 Å². The minimum atomic E-state index is -3.34. The molecule has 7 nitrogen and oxygen atoms in total. The molecule has 1 aromatic rings. The average Bonchev–Trinajstić information content (AvgIpc) is 2.89. The molecule has 1 rings (SSSR count). The van der Waals surface area contributed by atoms with Gasteiger partial charge in [0.2, 0.25) is 0 Å². The van der Waals surface area contributed by atoms with Crippen molar-refractivity contribution in [2.45, 2.75) is 63.8 Å². The molecule has 0 radical (unpaired) electrons. The molecule has 0 aliphatic carbocycles. The number of ether oxygens (including phenoxy) is 1. The van der Waals surface area contributed by atoms with Crippen LogP contribution in [0, 0.1) is 12.8 Å². The number of nitrogens with two attached hydrogens (primary N) is 1. The second kappa shape index (κ2) is 8.29. The van der Waals surface area contributed by atoms with Crippen LogP contribution in [0.3, 0.4) is 0 Å². The number of hydrogen-bond donors (Lipinski definition) is 2. The van der Waals surface area contributed by atoms with Crippen LogP contribution in [0.1, 0.15) is 45.9 Å². The number of aryl methyl sites for hydroxylation is 1. The van der Waals surface area contributed by atoms with Crippen molar-refractivity contribution in [1.82, 2.24) is 5.32 Å². The molecule has 0 saturated carbocycles. The number of carbonyl (C=O) groups excluding carboxylic acids is 2. The molecule has 9 heteroatoms. The first kappa shape index (κ1) is 21.6. The van der Waals surface area contributed by atoms with Gasteiger partial charge in [-0.1, -0.05) is 20.3 Å². The number of nitrogens with zero attached hydrogens (tertiary/aromatic N) is 1. The van der Waals surface area contributed by atoms with Gasteiger partial charge in [-0.2, -0.15) is 0 Å². The minimum Gasteiger partial charge on any atom is -0.444 e. The van der Waals surface area contributed by atoms with E-state index in [1.807, 2.05) is 13.8 Å². The fraction of sp³-hybridized carbons (Fsp3) is 0.625. The van der Waals surface area contributed by atoms with E-state index < -0.39 is 33.6 Å². The van der Waals surface area contributed by atoms with Gasteiger partial charge in [-0.25, -0.2) is 14.1 Å². The Balaban J connectivity index is 3.07. The highest BCUT2D eigenvalue weighted by atomic mass is 32.2. The SMILES string of the molecule is CC[C@H](C)[C@H](NC(=O)OC(C)(C)C)C(=O)N=S(N)(=O)c1ccc(C)s1. The number of carbonyl (C=O) groups is 2. The Morgan fingerprint density at radius 1 is 1.40 bits per heavy atom. The van der Waals surface area contributed by atoms with Crippen molar-refractivity contribution in [3.63, 3.8) is 0 Å². The molecule has 0 bridgehead atoms. The molecule has 0 saturated heterocycles. The van der Waals surface area contributed by atoms with Gasteiger partial charge in [0.25, 0.3) is 5.91 Å². The standard InChI is InChI=1S/C16H27N3O4S2/c1-7-10(2)13(18-15(21)23-16(4,5)6)14(20)19-25(17,22)12-9-8-11(3)24-12/h8-10,13H,7H2,1-6H3,(H,18,21)(H2,17,19,20,22)/t10-,13-,25?/m0/s1. The summed E-state index contributed by atoms with van der Waals surface area (Å²) in [5.41, 5.74) is -0.694. The Morgan fingerprint density at radius 2 is 2.00 bits per heavy atom. The van der Waals surface area contributed by atoms with Crippen molar-refractivity contribution >= 4 is 33.3 Å². The van der Waals surface area contributed by atoms with Gasteiger partial charge in [0.05, 0.1) is 0 Å². The van der Waals surface area contributed by atoms with Crippen molar-refractivity contribution in [2.75, 3.05) is 0 Å². The maximum atomic E-state index is 12.6. The summed E-state index contributed by atoms with van der Waals surface area (Å²) in [6.45, 7) is 10.7. The summed E-state index contributed by atoms with van der Waals surface area (Å²) in [5.74, 6) is -0.942. The lowest BCUT2D eigenvalue weighted by atomic mass is 9.99. The Hall–Kier alpha value is -1.45. The molecule has 3 atom stereocenters. The molecule has 0 fully saturated rings. The monoisotopic (exact) mass is 389 g/mol. The largest absolute Gasteiger partial charge is 0.444 e. The molecule has 0 aliphatic heterocycles. The first-order chi connectivity index (χ1) is 11.4. The quantitative estimate of drug-likeness (QED) is 0.805. The zero-order valence-electron chi connectivity index (χ0n) is 15.5. The lowest BCUT2D eigenvalue weighted by Gasteiger charge is -2.25. The molecule has 2 amide bonds. The molecule has 1 heterocycles. The Labute approximate surface area is 153 Å². The maximum Gasteiger partial charge on any atom is 0.408 e. The lowest BCUT2D eigenvalue weighted by Crippen LogP contribution is -2.46. The third-order valence-corrected chi connectivity index (χ3v) is 6.31. The number of amides is 2. The van der Waals surface area contributed by atoms with Gasteiger partial charge in [-0.05, 0) is 45.7 Å². The first-order valence-corrected chi connectivity index (χ1v) is 10.4. The van der Waals surface area contributed by atoms with Gasteiger partial charge in [-0.15, -0.1) is 15.7 Å². The van der Waals surface area contributed by atoms with Gasteiger partial charge in [0.15, 0.2) is 9.92 Å². The minimum absolute atomic E-state index is 0.218. The van der Waals surface area contributed by atoms with E-state index in [0.717, 1.165) is 4.88 Å². The summed E-state index contributed by atoms with van der Waals surface area (Å²) in [6, 6.07) is 2.40. The van der Waals surface area contributed by atoms with Crippen LogP contribution < -0.4 is 10.5 Å². The second-order valence-corrected chi connectivity index (χ2v) is 10.2. The Morgan fingerprint density at radius 3 is 2.44 bits per heavy atom. The number of hydrogen-bond acceptors (Lipinski definition) is 5. The highest BCUT2D eigenvalue weighted by Crippen LogP contribution is 2.21. The summed E-state index contributed by atoms with van der Waals surface area (Å²) in [7, 11) is -3.34. The third-order valence-electron chi connectivity index (χ3n) is 3.38. The molecule has 0 spiro atoms. The summed E-state index contributed by atoms with van der Waals surface area (Å²) in [5, 5.41) is 8.29. The van der Waals surface area contributed by atoms with E-state index >= 15 is 0 Å². The zero-order valence-corrected chi connectivity index (χ0v) is 17.1. The predicted molar refractivity (Wildman–Crippen MR) is 99.7 cm³/mol. The zero-order chi connectivity index (χ0) is 19.4. The van der Waals surface area contributed by atoms with Gasteiger partial charge in [0, 0.05) is 4.88 Å². The fourth-order valence-corrected chi connectivity index (χ4v) is 4.23. The van der Waals surface area contributed by atoms with Crippen molar-refractivity contribution in [3.8, 4) is 0 Å². The smallest absolute Gasteiger partial charge is 0.408 e. The van der Waals surface area contributed by atoms with Crippen LogP contribution in [0.15, 0.2) is 20.7 Å². The van der Waals surface area contributed by atoms with Gasteiger partial charge in [0.1, 0.15) is 15.9 Å². The van der Waals surface area contributed by atoms with Gasteiger partial charge >= 0.3 is 6.09 Å². The van der Waals surface area contributed by atoms with Crippen LogP contribution in [-0.2, 0) is 19.4 Å². The third kappa shape index (κ3) is 6.75. The Kier molecular flexibility index (Phi) is 7.16. The van der Waals surface area contributed by atoms with Crippen LogP contribution in [0.25, 0.3) is 0 Å². The van der Waals surface area contributed by atoms with Crippen molar-refractivity contribution in [3.05, 3.63) is 17.0 Å². The van der Waals surface area contributed by atoms with E-state index in [9.17, 15) is 13.8 Å². The highest BCUT2D eigenvalue weighted by molar-refractivity contribution is 7.93. The molecular weight excluding hydrogens is 362 g/mol. The molecule has 142 valence electrons. The van der Waals surface area contributed by atoms with Crippen LogP contribution in [-0.4, -0.2) is 27.9 Å². The van der Waals surface area contributed by atoms with E-state index in [-0.39, 0.29) is 5.92 Å². The number of nitrogens with one attached hydrogen (secondary N) is 1. The first-order valence-electron chi connectivity index (χ1n) is 8.00. The van der Waals surface area contributed by atoms with Crippen LogP contribution in [0.5, 0.6) is 0 Å². The average molecular weight is 390 g/mol. The summed E-state index contributed by atoms with van der Waals surface area (Å²) in [6.07, 6.45) is -0.108. The molecule has 3 N–H and O–H groups in total. The molecule has 1 unspecified atom stereocenters. The van der Waals surface area contributed by atoms with Gasteiger partial charge < -0.3 is 10.1 Å². The molecule has 0 aliphatic rings. The predicted octanol–water partition coefficient (Wildman–Crippen LogP) is 3.22. The number of rotatable bonds is 5. The summed E-state index contributed by atoms with van der Waals surface area (Å²) < 4.78 is 21.8. The maximum absolute atomic E-state index is 12.6. The van der Waals surface area contributed by atoms with E-state index in [2.05, 4.69) is 9.68 Å². The van der Waals surface area contributed by atoms with E-state index in [1.165, 1.54) is 11.3 Å². The number of thiophene rings is 1. The van der Waals surface area contributed by atoms with Crippen LogP contribution in [0.2, 0.25) is 0 Å². The number of alkyl carbamates (subject to hydrolysis) is 1. The molecule has 25 heavy (non-hydrogen) atoms. The van der Waals surface area contributed by atoms with Gasteiger partial charge in [-0.3, -0.25) is 4.79 Å². The van der Waals surface area contributed by atoms with Crippen LogP contribution >= 0.6 is 11.3 Å². The molecule has 0 aromatic carbocycles.